The molecule has 1 rings (SSSR count). The van der Waals surface area contributed by atoms with Crippen LogP contribution in [-0.2, 0) is 6.61 Å². The molecule has 0 bridgehead atoms. The molecule has 0 spiro atoms. The Hall–Kier alpha value is -1.73. The molecular formula is C12H15NO3. The van der Waals surface area contributed by atoms with Crippen LogP contribution in [0.25, 0.3) is 0 Å². The molecular weight excluding hydrogens is 206 g/mol. The number of nitriles is 1. The number of benzene rings is 1. The number of nitrogens with zero attached hydrogens (tertiary/aromatic N) is 1. The third-order valence-corrected chi connectivity index (χ3v) is 2.19. The molecule has 86 valence electrons. The van der Waals surface area contributed by atoms with Crippen molar-refractivity contribution in [2.75, 3.05) is 7.11 Å². The number of ether oxygens (including phenoxy) is 2. The van der Waals surface area contributed by atoms with E-state index in [0.29, 0.717) is 17.9 Å². The van der Waals surface area contributed by atoms with Crippen molar-refractivity contribution in [1.29, 1.82) is 5.26 Å². The standard InChI is InChI=1S/C12H15NO3/c1-3-10(7-13)16-11-5-4-9(8-14)6-12(11)15-2/h4-6,10,14H,3,8H2,1-2H3. The van der Waals surface area contributed by atoms with Crippen LogP contribution in [-0.4, -0.2) is 18.3 Å². The van der Waals surface area contributed by atoms with Crippen LogP contribution in [0.1, 0.15) is 18.9 Å². The van der Waals surface area contributed by atoms with Crippen LogP contribution < -0.4 is 9.47 Å². The van der Waals surface area contributed by atoms with Gasteiger partial charge in [0.15, 0.2) is 17.6 Å². The van der Waals surface area contributed by atoms with E-state index in [-0.39, 0.29) is 6.61 Å². The summed E-state index contributed by atoms with van der Waals surface area (Å²) in [5.41, 5.74) is 0.745. The number of hydrogen-bond acceptors (Lipinski definition) is 4. The molecule has 0 aromatic heterocycles. The molecule has 0 saturated carbocycles. The number of methoxy groups -OCH3 is 1. The average Bonchev–Trinajstić information content (AvgIpc) is 2.35. The smallest absolute Gasteiger partial charge is 0.184 e. The first-order valence-corrected chi connectivity index (χ1v) is 5.09. The highest BCUT2D eigenvalue weighted by molar-refractivity contribution is 5.43. The average molecular weight is 221 g/mol. The highest BCUT2D eigenvalue weighted by Crippen LogP contribution is 2.29. The second kappa shape index (κ2) is 5.99. The molecule has 0 aliphatic heterocycles. The summed E-state index contributed by atoms with van der Waals surface area (Å²) in [6, 6.07) is 7.18. The summed E-state index contributed by atoms with van der Waals surface area (Å²) < 4.78 is 10.6. The fourth-order valence-corrected chi connectivity index (χ4v) is 1.26. The Morgan fingerprint density at radius 2 is 2.19 bits per heavy atom. The van der Waals surface area contributed by atoms with Crippen LogP contribution in [0.5, 0.6) is 11.5 Å². The lowest BCUT2D eigenvalue weighted by Gasteiger charge is -2.14. The highest BCUT2D eigenvalue weighted by atomic mass is 16.5. The maximum absolute atomic E-state index is 8.97. The minimum atomic E-state index is -0.478. The van der Waals surface area contributed by atoms with Crippen molar-refractivity contribution in [3.05, 3.63) is 23.8 Å². The van der Waals surface area contributed by atoms with E-state index in [1.54, 1.807) is 18.2 Å². The third kappa shape index (κ3) is 2.88. The zero-order valence-corrected chi connectivity index (χ0v) is 9.43. The second-order valence-corrected chi connectivity index (χ2v) is 3.29. The van der Waals surface area contributed by atoms with E-state index in [0.717, 1.165) is 5.56 Å². The Kier molecular flexibility index (Phi) is 4.62. The fourth-order valence-electron chi connectivity index (χ4n) is 1.26. The lowest BCUT2D eigenvalue weighted by molar-refractivity contribution is 0.237. The molecule has 1 aromatic rings. The molecule has 4 heteroatoms. The predicted molar refractivity (Wildman–Crippen MR) is 59.2 cm³/mol. The van der Waals surface area contributed by atoms with Crippen molar-refractivity contribution in [3.63, 3.8) is 0 Å². The first-order valence-electron chi connectivity index (χ1n) is 5.09. The second-order valence-electron chi connectivity index (χ2n) is 3.29. The van der Waals surface area contributed by atoms with Crippen molar-refractivity contribution < 1.29 is 14.6 Å². The first-order chi connectivity index (χ1) is 7.74. The Bertz CT molecular complexity index is 384. The van der Waals surface area contributed by atoms with Crippen LogP contribution in [0.2, 0.25) is 0 Å². The molecule has 0 heterocycles. The molecule has 0 aliphatic rings. The van der Waals surface area contributed by atoms with Gasteiger partial charge in [-0.3, -0.25) is 0 Å². The van der Waals surface area contributed by atoms with Crippen molar-refractivity contribution in [2.24, 2.45) is 0 Å². The Morgan fingerprint density at radius 1 is 1.44 bits per heavy atom. The van der Waals surface area contributed by atoms with Crippen LogP contribution in [0.3, 0.4) is 0 Å². The van der Waals surface area contributed by atoms with Crippen molar-refractivity contribution >= 4 is 0 Å². The van der Waals surface area contributed by atoms with Gasteiger partial charge in [-0.15, -0.1) is 0 Å². The highest BCUT2D eigenvalue weighted by Gasteiger charge is 2.11. The summed E-state index contributed by atoms with van der Waals surface area (Å²) in [7, 11) is 1.52. The summed E-state index contributed by atoms with van der Waals surface area (Å²) in [5, 5.41) is 17.8. The molecule has 4 nitrogen and oxygen atoms in total. The topological polar surface area (TPSA) is 62.5 Å². The Balaban J connectivity index is 2.91. The molecule has 0 saturated heterocycles. The van der Waals surface area contributed by atoms with Crippen molar-refractivity contribution in [3.8, 4) is 17.6 Å². The number of aliphatic hydroxyl groups excluding tert-OH is 1. The zero-order valence-electron chi connectivity index (χ0n) is 9.43. The number of rotatable bonds is 5. The largest absolute Gasteiger partial charge is 0.493 e. The SMILES string of the molecule is CCC(C#N)Oc1ccc(CO)cc1OC. The van der Waals surface area contributed by atoms with Gasteiger partial charge < -0.3 is 14.6 Å². The quantitative estimate of drug-likeness (QED) is 0.824. The van der Waals surface area contributed by atoms with Gasteiger partial charge in [0.2, 0.25) is 0 Å². The van der Waals surface area contributed by atoms with E-state index in [2.05, 4.69) is 6.07 Å². The fraction of sp³-hybridized carbons (Fsp3) is 0.417. The van der Waals surface area contributed by atoms with Gasteiger partial charge in [-0.25, -0.2) is 0 Å². The van der Waals surface area contributed by atoms with E-state index < -0.39 is 6.10 Å². The first kappa shape index (κ1) is 12.3. The van der Waals surface area contributed by atoms with E-state index in [9.17, 15) is 0 Å². The summed E-state index contributed by atoms with van der Waals surface area (Å²) >= 11 is 0. The summed E-state index contributed by atoms with van der Waals surface area (Å²) in [6.45, 7) is 1.83. The molecule has 0 amide bonds. The predicted octanol–water partition coefficient (Wildman–Crippen LogP) is 1.87. The van der Waals surface area contributed by atoms with Crippen LogP contribution in [0, 0.1) is 11.3 Å². The maximum atomic E-state index is 8.97. The molecule has 0 aliphatic carbocycles. The Labute approximate surface area is 95.0 Å². The molecule has 1 N–H and O–H groups in total. The Morgan fingerprint density at radius 3 is 2.69 bits per heavy atom. The number of aliphatic hydroxyl groups is 1. The van der Waals surface area contributed by atoms with Gasteiger partial charge in [0.05, 0.1) is 13.7 Å². The molecule has 16 heavy (non-hydrogen) atoms. The minimum Gasteiger partial charge on any atom is -0.493 e. The molecule has 1 unspecified atom stereocenters. The van der Waals surface area contributed by atoms with Gasteiger partial charge in [0, 0.05) is 0 Å². The van der Waals surface area contributed by atoms with Gasteiger partial charge in [0.1, 0.15) is 6.07 Å². The molecule has 0 radical (unpaired) electrons. The van der Waals surface area contributed by atoms with E-state index in [1.165, 1.54) is 7.11 Å². The minimum absolute atomic E-state index is 0.0495. The van der Waals surface area contributed by atoms with Gasteiger partial charge in [-0.05, 0) is 24.1 Å². The van der Waals surface area contributed by atoms with Crippen molar-refractivity contribution in [2.45, 2.75) is 26.1 Å². The normalized spacial score (nSPS) is 11.6. The lowest BCUT2D eigenvalue weighted by Crippen LogP contribution is -2.12. The van der Waals surface area contributed by atoms with E-state index in [4.69, 9.17) is 19.8 Å². The molecule has 1 aromatic carbocycles. The summed E-state index contributed by atoms with van der Waals surface area (Å²) in [6.07, 6.45) is 0.135. The number of hydrogen-bond donors (Lipinski definition) is 1. The zero-order chi connectivity index (χ0) is 12.0. The third-order valence-electron chi connectivity index (χ3n) is 2.19. The summed E-state index contributed by atoms with van der Waals surface area (Å²) in [4.78, 5) is 0. The van der Waals surface area contributed by atoms with Gasteiger partial charge >= 0.3 is 0 Å². The maximum Gasteiger partial charge on any atom is 0.184 e. The lowest BCUT2D eigenvalue weighted by atomic mass is 10.2. The van der Waals surface area contributed by atoms with E-state index >= 15 is 0 Å². The van der Waals surface area contributed by atoms with Crippen molar-refractivity contribution in [1.82, 2.24) is 0 Å². The monoisotopic (exact) mass is 221 g/mol. The molecule has 1 atom stereocenters. The summed E-state index contributed by atoms with van der Waals surface area (Å²) in [5.74, 6) is 1.05. The van der Waals surface area contributed by atoms with Gasteiger partial charge in [0.25, 0.3) is 0 Å². The van der Waals surface area contributed by atoms with E-state index in [1.807, 2.05) is 6.92 Å². The van der Waals surface area contributed by atoms with Gasteiger partial charge in [-0.1, -0.05) is 13.0 Å². The van der Waals surface area contributed by atoms with Crippen LogP contribution >= 0.6 is 0 Å². The van der Waals surface area contributed by atoms with Crippen LogP contribution in [0.15, 0.2) is 18.2 Å². The van der Waals surface area contributed by atoms with Crippen LogP contribution in [0.4, 0.5) is 0 Å². The molecule has 0 fully saturated rings. The van der Waals surface area contributed by atoms with Gasteiger partial charge in [-0.2, -0.15) is 5.26 Å².